The van der Waals surface area contributed by atoms with E-state index in [1.54, 1.807) is 19.1 Å². The Morgan fingerprint density at radius 1 is 1.04 bits per heavy atom. The molecule has 1 aromatic heterocycles. The molecule has 3 aliphatic rings. The summed E-state index contributed by atoms with van der Waals surface area (Å²) in [5, 5.41) is 10.1. The van der Waals surface area contributed by atoms with Crippen LogP contribution in [-0.2, 0) is 27.5 Å². The summed E-state index contributed by atoms with van der Waals surface area (Å²) < 4.78 is 6.31. The first kappa shape index (κ1) is 30.5. The fourth-order valence-electron chi connectivity index (χ4n) is 6.85. The predicted molar refractivity (Wildman–Crippen MR) is 166 cm³/mol. The Kier molecular flexibility index (Phi) is 8.71. The standard InChI is InChI=1S/C34H39N5O6/c1-21(40)38-14-10-23(11-15-38)29-7-3-24-16-22(2-6-30(24)36-29)18-37-13-12-27(20-37)45-26-4-5-28-25(17-26)19-39(34(28)44)31(33(35)43)8-9-32(41)42/h2-7,16-17,23,27,31H,8-15,18-20H2,1H3,(H2,35,43)(H,41,42)/t27-,31-/m0/s1. The normalized spacial score (nSPS) is 19.6. The minimum atomic E-state index is -1.04. The number of rotatable bonds is 10. The second kappa shape index (κ2) is 12.8. The van der Waals surface area contributed by atoms with Crippen molar-refractivity contribution in [2.24, 2.45) is 5.73 Å². The number of primary amides is 1. The average Bonchev–Trinajstić information content (AvgIpc) is 3.59. The van der Waals surface area contributed by atoms with E-state index < -0.39 is 17.9 Å². The van der Waals surface area contributed by atoms with E-state index in [0.717, 1.165) is 74.1 Å². The number of carboxylic acids is 1. The number of hydrogen-bond donors (Lipinski definition) is 2. The number of nitrogens with two attached hydrogens (primary N) is 1. The van der Waals surface area contributed by atoms with Gasteiger partial charge in [-0.25, -0.2) is 0 Å². The molecule has 0 unspecified atom stereocenters. The fraction of sp³-hybridized carbons (Fsp3) is 0.441. The Hall–Kier alpha value is -4.51. The van der Waals surface area contributed by atoms with Gasteiger partial charge >= 0.3 is 5.97 Å². The zero-order valence-electron chi connectivity index (χ0n) is 25.5. The predicted octanol–water partition coefficient (Wildman–Crippen LogP) is 3.29. The molecule has 0 spiro atoms. The Morgan fingerprint density at radius 3 is 2.58 bits per heavy atom. The molecule has 6 rings (SSSR count). The first-order valence-corrected chi connectivity index (χ1v) is 15.6. The molecule has 3 aliphatic heterocycles. The summed E-state index contributed by atoms with van der Waals surface area (Å²) >= 11 is 0. The highest BCUT2D eigenvalue weighted by atomic mass is 16.5. The SMILES string of the molecule is CC(=O)N1CCC(c2ccc3cc(CN4CC[C@H](Oc5ccc6c(c5)CN([C@@H](CCC(=O)O)C(N)=O)C6=O)C4)ccc3n2)CC1. The van der Waals surface area contributed by atoms with Crippen LogP contribution in [0.2, 0.25) is 0 Å². The summed E-state index contributed by atoms with van der Waals surface area (Å²) in [5.74, 6) is -0.893. The van der Waals surface area contributed by atoms with Crippen LogP contribution < -0.4 is 10.5 Å². The number of benzene rings is 2. The van der Waals surface area contributed by atoms with Crippen LogP contribution in [0.1, 0.15) is 72.1 Å². The molecule has 3 amide bonds. The Morgan fingerprint density at radius 2 is 1.84 bits per heavy atom. The first-order valence-electron chi connectivity index (χ1n) is 15.6. The maximum Gasteiger partial charge on any atom is 0.303 e. The number of hydrogen-bond acceptors (Lipinski definition) is 7. The third-order valence-electron chi connectivity index (χ3n) is 9.32. The lowest BCUT2D eigenvalue weighted by atomic mass is 9.92. The molecule has 2 fully saturated rings. The molecular weight excluding hydrogens is 574 g/mol. The maximum atomic E-state index is 13.0. The van der Waals surface area contributed by atoms with Gasteiger partial charge in [0.2, 0.25) is 11.8 Å². The Labute approximate surface area is 261 Å². The van der Waals surface area contributed by atoms with Crippen LogP contribution in [-0.4, -0.2) is 86.8 Å². The third kappa shape index (κ3) is 6.78. The fourth-order valence-corrected chi connectivity index (χ4v) is 6.85. The number of aliphatic carboxylic acids is 1. The van der Waals surface area contributed by atoms with Gasteiger partial charge in [0.25, 0.3) is 5.91 Å². The molecule has 3 N–H and O–H groups in total. The third-order valence-corrected chi connectivity index (χ3v) is 9.32. The van der Waals surface area contributed by atoms with Crippen molar-refractivity contribution in [1.82, 2.24) is 19.7 Å². The highest BCUT2D eigenvalue weighted by molar-refractivity contribution is 6.01. The van der Waals surface area contributed by atoms with Crippen LogP contribution >= 0.6 is 0 Å². The summed E-state index contributed by atoms with van der Waals surface area (Å²) in [4.78, 5) is 58.3. The first-order chi connectivity index (χ1) is 21.6. The number of likely N-dealkylation sites (tertiary alicyclic amines) is 2. The molecule has 45 heavy (non-hydrogen) atoms. The lowest BCUT2D eigenvalue weighted by Crippen LogP contribution is -2.45. The highest BCUT2D eigenvalue weighted by Crippen LogP contribution is 2.31. The zero-order chi connectivity index (χ0) is 31.7. The lowest BCUT2D eigenvalue weighted by Gasteiger charge is -2.31. The minimum absolute atomic E-state index is 0.00397. The van der Waals surface area contributed by atoms with Gasteiger partial charge in [-0.2, -0.15) is 0 Å². The summed E-state index contributed by atoms with van der Waals surface area (Å²) in [6, 6.07) is 15.1. The van der Waals surface area contributed by atoms with Crippen molar-refractivity contribution in [3.05, 3.63) is 70.9 Å². The van der Waals surface area contributed by atoms with E-state index in [-0.39, 0.29) is 37.3 Å². The van der Waals surface area contributed by atoms with Crippen LogP contribution in [0.25, 0.3) is 10.9 Å². The van der Waals surface area contributed by atoms with Crippen molar-refractivity contribution in [1.29, 1.82) is 0 Å². The van der Waals surface area contributed by atoms with E-state index in [0.29, 0.717) is 17.2 Å². The monoisotopic (exact) mass is 613 g/mol. The van der Waals surface area contributed by atoms with Crippen LogP contribution in [0.4, 0.5) is 0 Å². The second-order valence-electron chi connectivity index (χ2n) is 12.4. The zero-order valence-corrected chi connectivity index (χ0v) is 25.5. The number of carboxylic acid groups (broad SMARTS) is 1. The number of carbonyl (C=O) groups excluding carboxylic acids is 3. The molecule has 0 saturated carbocycles. The van der Waals surface area contributed by atoms with Gasteiger partial charge in [-0.1, -0.05) is 12.1 Å². The minimum Gasteiger partial charge on any atom is -0.489 e. The van der Waals surface area contributed by atoms with E-state index in [9.17, 15) is 19.2 Å². The van der Waals surface area contributed by atoms with E-state index in [2.05, 4.69) is 35.2 Å². The van der Waals surface area contributed by atoms with Gasteiger partial charge in [-0.3, -0.25) is 29.1 Å². The van der Waals surface area contributed by atoms with Crippen molar-refractivity contribution in [2.75, 3.05) is 26.2 Å². The molecule has 11 nitrogen and oxygen atoms in total. The molecule has 2 aromatic carbocycles. The smallest absolute Gasteiger partial charge is 0.303 e. The van der Waals surface area contributed by atoms with E-state index in [1.165, 1.54) is 10.5 Å². The van der Waals surface area contributed by atoms with E-state index >= 15 is 0 Å². The number of fused-ring (bicyclic) bond motifs is 2. The number of pyridine rings is 1. The summed E-state index contributed by atoms with van der Waals surface area (Å²) in [6.45, 7) is 5.88. The van der Waals surface area contributed by atoms with Crippen LogP contribution in [0.3, 0.4) is 0 Å². The van der Waals surface area contributed by atoms with Crippen LogP contribution in [0.15, 0.2) is 48.5 Å². The molecule has 0 radical (unpaired) electrons. The second-order valence-corrected chi connectivity index (χ2v) is 12.4. The quantitative estimate of drug-likeness (QED) is 0.354. The largest absolute Gasteiger partial charge is 0.489 e. The number of piperidine rings is 1. The number of ether oxygens (including phenoxy) is 1. The molecule has 11 heteroatoms. The molecule has 2 atom stereocenters. The lowest BCUT2D eigenvalue weighted by molar-refractivity contribution is -0.137. The Balaban J connectivity index is 1.04. The molecule has 4 heterocycles. The number of amides is 3. The van der Waals surface area contributed by atoms with Gasteiger partial charge in [0.1, 0.15) is 17.9 Å². The molecular formula is C34H39N5O6. The van der Waals surface area contributed by atoms with Crippen LogP contribution in [0.5, 0.6) is 5.75 Å². The van der Waals surface area contributed by atoms with Crippen molar-refractivity contribution >= 4 is 34.6 Å². The van der Waals surface area contributed by atoms with Crippen molar-refractivity contribution in [3.8, 4) is 5.75 Å². The average molecular weight is 614 g/mol. The van der Waals surface area contributed by atoms with Crippen LogP contribution in [0, 0.1) is 0 Å². The molecule has 0 aliphatic carbocycles. The Bertz CT molecular complexity index is 1630. The van der Waals surface area contributed by atoms with Gasteiger partial charge in [-0.15, -0.1) is 0 Å². The van der Waals surface area contributed by atoms with Gasteiger partial charge in [-0.05, 0) is 73.2 Å². The van der Waals surface area contributed by atoms with Crippen molar-refractivity contribution < 1.29 is 29.0 Å². The van der Waals surface area contributed by atoms with Gasteiger partial charge < -0.3 is 25.4 Å². The summed E-state index contributed by atoms with van der Waals surface area (Å²) in [6.07, 6.45) is 2.50. The molecule has 3 aromatic rings. The molecule has 236 valence electrons. The van der Waals surface area contributed by atoms with E-state index in [4.69, 9.17) is 20.6 Å². The topological polar surface area (TPSA) is 146 Å². The number of carbonyl (C=O) groups is 4. The van der Waals surface area contributed by atoms with Crippen molar-refractivity contribution in [3.63, 3.8) is 0 Å². The molecule has 0 bridgehead atoms. The highest BCUT2D eigenvalue weighted by Gasteiger charge is 2.36. The maximum absolute atomic E-state index is 13.0. The van der Waals surface area contributed by atoms with Gasteiger partial charge in [0.15, 0.2) is 0 Å². The molecule has 2 saturated heterocycles. The van der Waals surface area contributed by atoms with E-state index in [1.807, 2.05) is 11.0 Å². The van der Waals surface area contributed by atoms with Gasteiger partial charge in [0, 0.05) is 75.2 Å². The summed E-state index contributed by atoms with van der Waals surface area (Å²) in [7, 11) is 0. The summed E-state index contributed by atoms with van der Waals surface area (Å²) in [5.41, 5.74) is 10.0. The van der Waals surface area contributed by atoms with Gasteiger partial charge in [0.05, 0.1) is 5.52 Å². The number of nitrogens with zero attached hydrogens (tertiary/aromatic N) is 4. The van der Waals surface area contributed by atoms with Crippen molar-refractivity contribution in [2.45, 2.75) is 70.2 Å². The number of aromatic nitrogens is 1.